The van der Waals surface area contributed by atoms with Gasteiger partial charge in [0.15, 0.2) is 0 Å². The number of nitrogens with one attached hydrogen (secondary N) is 1. The summed E-state index contributed by atoms with van der Waals surface area (Å²) in [5.41, 5.74) is 0.201. The normalized spacial score (nSPS) is 12.4. The molecular weight excluding hydrogens is 438 g/mol. The molecule has 1 atom stereocenters. The largest absolute Gasteiger partial charge is 0.481 e. The number of anilines is 1. The lowest BCUT2D eigenvalue weighted by Gasteiger charge is -2.25. The first-order chi connectivity index (χ1) is 16.0. The van der Waals surface area contributed by atoms with Crippen LogP contribution >= 0.6 is 0 Å². The number of benzene rings is 1. The summed E-state index contributed by atoms with van der Waals surface area (Å²) in [6.45, 7) is 7.61. The van der Waals surface area contributed by atoms with E-state index in [0.717, 1.165) is 16.3 Å². The fraction of sp³-hybridized carbons (Fsp3) is 0.458. The van der Waals surface area contributed by atoms with E-state index in [9.17, 15) is 14.7 Å². The van der Waals surface area contributed by atoms with E-state index in [-0.39, 0.29) is 12.5 Å². The van der Waals surface area contributed by atoms with Crippen LogP contribution in [-0.2, 0) is 9.53 Å². The Labute approximate surface area is 198 Å². The van der Waals surface area contributed by atoms with Gasteiger partial charge in [-0.15, -0.1) is 0 Å². The molecule has 0 aliphatic carbocycles. The number of carbonyl (C=O) groups is 2. The summed E-state index contributed by atoms with van der Waals surface area (Å²) in [4.78, 5) is 33.9. The minimum absolute atomic E-state index is 0.0854. The molecule has 0 aliphatic rings. The zero-order valence-electron chi connectivity index (χ0n) is 20.2. The van der Waals surface area contributed by atoms with Crippen molar-refractivity contribution in [1.29, 1.82) is 0 Å². The summed E-state index contributed by atoms with van der Waals surface area (Å²) < 4.78 is 10.4. The molecule has 34 heavy (non-hydrogen) atoms. The third-order valence-electron chi connectivity index (χ3n) is 5.07. The van der Waals surface area contributed by atoms with Gasteiger partial charge in [-0.3, -0.25) is 4.79 Å². The predicted octanol–water partition coefficient (Wildman–Crippen LogP) is 4.50. The van der Waals surface area contributed by atoms with Gasteiger partial charge < -0.3 is 24.6 Å². The third-order valence-corrected chi connectivity index (χ3v) is 5.07. The van der Waals surface area contributed by atoms with Crippen LogP contribution in [0.15, 0.2) is 35.0 Å². The van der Waals surface area contributed by atoms with E-state index >= 15 is 0 Å². The molecule has 2 N–H and O–H groups in total. The van der Waals surface area contributed by atoms with Gasteiger partial charge in [0.05, 0.1) is 6.42 Å². The topological polar surface area (TPSA) is 131 Å². The van der Waals surface area contributed by atoms with E-state index < -0.39 is 17.7 Å². The van der Waals surface area contributed by atoms with E-state index in [4.69, 9.17) is 9.26 Å². The third kappa shape index (κ3) is 6.90. The van der Waals surface area contributed by atoms with Crippen molar-refractivity contribution in [1.82, 2.24) is 20.0 Å². The lowest BCUT2D eigenvalue weighted by molar-refractivity contribution is -0.137. The first kappa shape index (κ1) is 24.9. The fourth-order valence-corrected chi connectivity index (χ4v) is 3.47. The molecular formula is C24H31N5O5. The molecule has 0 bridgehead atoms. The van der Waals surface area contributed by atoms with Crippen molar-refractivity contribution in [3.8, 4) is 11.4 Å². The molecule has 2 aromatic heterocycles. The van der Waals surface area contributed by atoms with Crippen LogP contribution in [0.3, 0.4) is 0 Å². The molecule has 182 valence electrons. The second kappa shape index (κ2) is 10.5. The quantitative estimate of drug-likeness (QED) is 0.465. The Morgan fingerprint density at radius 1 is 1.26 bits per heavy atom. The SMILES string of the molecule is Cc1nc(-c2ccc3ccnc(NC(CCCN(C)C(=O)OC(C)(C)C)CC(=O)O)c3c2)no1. The van der Waals surface area contributed by atoms with Crippen LogP contribution in [0, 0.1) is 6.92 Å². The van der Waals surface area contributed by atoms with Gasteiger partial charge in [0, 0.05) is 43.7 Å². The molecule has 0 saturated heterocycles. The van der Waals surface area contributed by atoms with Gasteiger partial charge in [0.1, 0.15) is 11.4 Å². The molecule has 0 spiro atoms. The highest BCUT2D eigenvalue weighted by molar-refractivity contribution is 5.94. The van der Waals surface area contributed by atoms with Crippen LogP contribution < -0.4 is 5.32 Å². The number of carboxylic acid groups (broad SMARTS) is 1. The molecule has 2 heterocycles. The molecule has 3 aromatic rings. The van der Waals surface area contributed by atoms with Gasteiger partial charge in [-0.1, -0.05) is 17.3 Å². The van der Waals surface area contributed by atoms with E-state index in [0.29, 0.717) is 36.9 Å². The average molecular weight is 470 g/mol. The van der Waals surface area contributed by atoms with Gasteiger partial charge in [-0.05, 0) is 51.1 Å². The van der Waals surface area contributed by atoms with Crippen molar-refractivity contribution in [2.24, 2.45) is 0 Å². The van der Waals surface area contributed by atoms with Gasteiger partial charge in [-0.25, -0.2) is 9.78 Å². The fourth-order valence-electron chi connectivity index (χ4n) is 3.47. The molecule has 0 radical (unpaired) electrons. The lowest BCUT2D eigenvalue weighted by Crippen LogP contribution is -2.35. The zero-order valence-corrected chi connectivity index (χ0v) is 20.2. The number of pyridine rings is 1. The van der Waals surface area contributed by atoms with E-state index in [1.165, 1.54) is 4.90 Å². The Balaban J connectivity index is 1.73. The number of rotatable bonds is 9. The highest BCUT2D eigenvalue weighted by Crippen LogP contribution is 2.27. The summed E-state index contributed by atoms with van der Waals surface area (Å²) in [6.07, 6.45) is 2.31. The summed E-state index contributed by atoms with van der Waals surface area (Å²) >= 11 is 0. The minimum atomic E-state index is -0.916. The lowest BCUT2D eigenvalue weighted by atomic mass is 10.1. The Kier molecular flexibility index (Phi) is 7.70. The molecule has 0 fully saturated rings. The number of carbonyl (C=O) groups excluding carboxylic acids is 1. The number of hydrogen-bond acceptors (Lipinski definition) is 8. The molecule has 0 aliphatic heterocycles. The highest BCUT2D eigenvalue weighted by atomic mass is 16.6. The van der Waals surface area contributed by atoms with Crippen LogP contribution in [0.5, 0.6) is 0 Å². The van der Waals surface area contributed by atoms with E-state index in [2.05, 4.69) is 20.4 Å². The van der Waals surface area contributed by atoms with Crippen molar-refractivity contribution in [3.05, 3.63) is 36.4 Å². The van der Waals surface area contributed by atoms with Crippen LogP contribution in [0.2, 0.25) is 0 Å². The first-order valence-electron chi connectivity index (χ1n) is 11.1. The van der Waals surface area contributed by atoms with Gasteiger partial charge in [-0.2, -0.15) is 4.98 Å². The number of carboxylic acids is 1. The van der Waals surface area contributed by atoms with Crippen LogP contribution in [0.1, 0.15) is 45.9 Å². The van der Waals surface area contributed by atoms with Gasteiger partial charge >= 0.3 is 12.1 Å². The first-order valence-corrected chi connectivity index (χ1v) is 11.1. The van der Waals surface area contributed by atoms with Crippen LogP contribution in [0.25, 0.3) is 22.2 Å². The maximum Gasteiger partial charge on any atom is 0.410 e. The Morgan fingerprint density at radius 2 is 2.03 bits per heavy atom. The van der Waals surface area contributed by atoms with Crippen molar-refractivity contribution in [2.45, 2.75) is 58.6 Å². The van der Waals surface area contributed by atoms with Crippen molar-refractivity contribution in [2.75, 3.05) is 18.9 Å². The summed E-state index contributed by atoms with van der Waals surface area (Å²) in [5, 5.41) is 18.4. The highest BCUT2D eigenvalue weighted by Gasteiger charge is 2.21. The molecule has 10 heteroatoms. The van der Waals surface area contributed by atoms with Gasteiger partial charge in [0.2, 0.25) is 11.7 Å². The molecule has 1 unspecified atom stereocenters. The molecule has 1 aromatic carbocycles. The van der Waals surface area contributed by atoms with Crippen molar-refractivity contribution >= 4 is 28.7 Å². The average Bonchev–Trinajstić information content (AvgIpc) is 3.18. The summed E-state index contributed by atoms with van der Waals surface area (Å²) in [7, 11) is 1.67. The molecule has 10 nitrogen and oxygen atoms in total. The maximum absolute atomic E-state index is 12.2. The van der Waals surface area contributed by atoms with E-state index in [1.54, 1.807) is 20.2 Å². The van der Waals surface area contributed by atoms with Crippen LogP contribution in [0.4, 0.5) is 10.6 Å². The molecule has 0 saturated carbocycles. The molecule has 1 amide bonds. The second-order valence-corrected chi connectivity index (χ2v) is 9.22. The smallest absolute Gasteiger partial charge is 0.410 e. The number of aliphatic carboxylic acids is 1. The van der Waals surface area contributed by atoms with Crippen molar-refractivity contribution < 1.29 is 24.0 Å². The number of nitrogens with zero attached hydrogens (tertiary/aromatic N) is 4. The summed E-state index contributed by atoms with van der Waals surface area (Å²) in [6, 6.07) is 7.25. The predicted molar refractivity (Wildman–Crippen MR) is 128 cm³/mol. The number of aromatic nitrogens is 3. The second-order valence-electron chi connectivity index (χ2n) is 9.22. The number of ether oxygens (including phenoxy) is 1. The maximum atomic E-state index is 12.2. The number of aryl methyl sites for hydroxylation is 1. The Bertz CT molecular complexity index is 1150. The summed E-state index contributed by atoms with van der Waals surface area (Å²) in [5.74, 6) is 0.603. The monoisotopic (exact) mass is 469 g/mol. The number of fused-ring (bicyclic) bond motifs is 1. The molecule has 3 rings (SSSR count). The standard InChI is InChI=1S/C24H31N5O5/c1-15-26-21(28-34-15)17-9-8-16-10-11-25-22(19(16)13-17)27-18(14-20(30)31)7-6-12-29(5)23(32)33-24(2,3)4/h8-11,13,18H,6-7,12,14H2,1-5H3,(H,25,27)(H,30,31). The van der Waals surface area contributed by atoms with Crippen LogP contribution in [-0.4, -0.2) is 62.4 Å². The number of hydrogen-bond donors (Lipinski definition) is 2. The van der Waals surface area contributed by atoms with Crippen molar-refractivity contribution in [3.63, 3.8) is 0 Å². The number of amides is 1. The Hall–Kier alpha value is -3.69. The van der Waals surface area contributed by atoms with E-state index in [1.807, 2.05) is 45.0 Å². The van der Waals surface area contributed by atoms with Gasteiger partial charge in [0.25, 0.3) is 0 Å². The Morgan fingerprint density at radius 3 is 2.68 bits per heavy atom. The minimum Gasteiger partial charge on any atom is -0.481 e. The zero-order chi connectivity index (χ0) is 24.9.